The Labute approximate surface area is 72.4 Å². The number of halogens is 1. The van der Waals surface area contributed by atoms with Crippen molar-refractivity contribution >= 4 is 5.69 Å². The predicted molar refractivity (Wildman–Crippen MR) is 49.4 cm³/mol. The van der Waals surface area contributed by atoms with E-state index in [0.29, 0.717) is 11.6 Å². The zero-order chi connectivity index (χ0) is 9.14. The molecule has 0 bridgehead atoms. The van der Waals surface area contributed by atoms with Crippen LogP contribution in [-0.2, 0) is 6.42 Å². The van der Waals surface area contributed by atoms with Crippen molar-refractivity contribution in [1.82, 2.24) is 0 Å². The fraction of sp³-hybridized carbons (Fsp3) is 0.400. The van der Waals surface area contributed by atoms with Gasteiger partial charge in [-0.15, -0.1) is 0 Å². The predicted octanol–water partition coefficient (Wildman–Crippen LogP) is 2.61. The van der Waals surface area contributed by atoms with Gasteiger partial charge in [0.15, 0.2) is 0 Å². The minimum atomic E-state index is -0.245. The molecule has 0 aliphatic carbocycles. The molecule has 0 radical (unpaired) electrons. The quantitative estimate of drug-likeness (QED) is 0.673. The van der Waals surface area contributed by atoms with Crippen molar-refractivity contribution in [2.75, 3.05) is 5.73 Å². The molecule has 0 amide bonds. The molecule has 0 aromatic heterocycles. The lowest BCUT2D eigenvalue weighted by atomic mass is 10.0. The largest absolute Gasteiger partial charge is 0.399 e. The maximum absolute atomic E-state index is 12.8. The van der Waals surface area contributed by atoms with Crippen LogP contribution in [0.1, 0.15) is 19.4 Å². The van der Waals surface area contributed by atoms with Gasteiger partial charge in [-0.25, -0.2) is 4.39 Å². The van der Waals surface area contributed by atoms with Crippen molar-refractivity contribution in [3.05, 3.63) is 29.6 Å². The lowest BCUT2D eigenvalue weighted by Gasteiger charge is -2.05. The normalized spacial score (nSPS) is 10.7. The monoisotopic (exact) mass is 167 g/mol. The molecule has 1 aromatic carbocycles. The zero-order valence-electron chi connectivity index (χ0n) is 7.47. The Morgan fingerprint density at radius 3 is 2.50 bits per heavy atom. The van der Waals surface area contributed by atoms with E-state index < -0.39 is 0 Å². The van der Waals surface area contributed by atoms with Crippen LogP contribution in [0.15, 0.2) is 18.2 Å². The van der Waals surface area contributed by atoms with Crippen LogP contribution in [0.3, 0.4) is 0 Å². The molecule has 0 saturated carbocycles. The standard InChI is InChI=1S/C10H14FN/c1-7(2)3-8-4-9(11)6-10(12)5-8/h4-7H,3,12H2,1-2H3. The van der Waals surface area contributed by atoms with E-state index in [1.165, 1.54) is 12.1 Å². The second kappa shape index (κ2) is 3.57. The van der Waals surface area contributed by atoms with Gasteiger partial charge in [0.2, 0.25) is 0 Å². The molecule has 0 saturated heterocycles. The molecule has 1 nitrogen and oxygen atoms in total. The zero-order valence-corrected chi connectivity index (χ0v) is 7.47. The highest BCUT2D eigenvalue weighted by molar-refractivity contribution is 5.41. The summed E-state index contributed by atoms with van der Waals surface area (Å²) < 4.78 is 12.8. The maximum atomic E-state index is 12.8. The van der Waals surface area contributed by atoms with E-state index in [0.717, 1.165) is 12.0 Å². The fourth-order valence-corrected chi connectivity index (χ4v) is 1.26. The molecule has 66 valence electrons. The lowest BCUT2D eigenvalue weighted by Crippen LogP contribution is -1.96. The first kappa shape index (κ1) is 9.04. The van der Waals surface area contributed by atoms with E-state index in [2.05, 4.69) is 13.8 Å². The Morgan fingerprint density at radius 2 is 2.00 bits per heavy atom. The van der Waals surface area contributed by atoms with Crippen LogP contribution in [0.5, 0.6) is 0 Å². The highest BCUT2D eigenvalue weighted by atomic mass is 19.1. The number of hydrogen-bond acceptors (Lipinski definition) is 1. The van der Waals surface area contributed by atoms with Gasteiger partial charge in [0.25, 0.3) is 0 Å². The third-order valence-electron chi connectivity index (χ3n) is 1.62. The molecular formula is C10H14FN. The number of rotatable bonds is 2. The van der Waals surface area contributed by atoms with Crippen molar-refractivity contribution in [2.24, 2.45) is 5.92 Å². The summed E-state index contributed by atoms with van der Waals surface area (Å²) in [5.41, 5.74) is 6.97. The second-order valence-corrected chi connectivity index (χ2v) is 3.49. The van der Waals surface area contributed by atoms with E-state index in [-0.39, 0.29) is 5.82 Å². The first-order valence-electron chi connectivity index (χ1n) is 4.13. The number of benzene rings is 1. The van der Waals surface area contributed by atoms with Gasteiger partial charge in [0.05, 0.1) is 0 Å². The number of nitrogen functional groups attached to an aromatic ring is 1. The molecule has 2 N–H and O–H groups in total. The molecular weight excluding hydrogens is 153 g/mol. The van der Waals surface area contributed by atoms with E-state index in [1.807, 2.05) is 6.07 Å². The molecule has 2 heteroatoms. The van der Waals surface area contributed by atoms with Gasteiger partial charge in [0, 0.05) is 5.69 Å². The van der Waals surface area contributed by atoms with Gasteiger partial charge >= 0.3 is 0 Å². The average Bonchev–Trinajstić information content (AvgIpc) is 1.81. The van der Waals surface area contributed by atoms with Crippen LogP contribution < -0.4 is 5.73 Å². The molecule has 1 rings (SSSR count). The Hall–Kier alpha value is -1.05. The third-order valence-corrected chi connectivity index (χ3v) is 1.62. The highest BCUT2D eigenvalue weighted by Crippen LogP contribution is 2.14. The van der Waals surface area contributed by atoms with Crippen molar-refractivity contribution < 1.29 is 4.39 Å². The number of nitrogens with two attached hydrogens (primary N) is 1. The maximum Gasteiger partial charge on any atom is 0.125 e. The first-order chi connectivity index (χ1) is 5.58. The van der Waals surface area contributed by atoms with E-state index in [1.54, 1.807) is 0 Å². The van der Waals surface area contributed by atoms with Crippen LogP contribution in [0.25, 0.3) is 0 Å². The van der Waals surface area contributed by atoms with Crippen LogP contribution >= 0.6 is 0 Å². The minimum Gasteiger partial charge on any atom is -0.399 e. The summed E-state index contributed by atoms with van der Waals surface area (Å²) >= 11 is 0. The van der Waals surface area contributed by atoms with E-state index in [4.69, 9.17) is 5.73 Å². The molecule has 0 unspecified atom stereocenters. The van der Waals surface area contributed by atoms with Gasteiger partial charge in [-0.3, -0.25) is 0 Å². The van der Waals surface area contributed by atoms with Gasteiger partial charge < -0.3 is 5.73 Å². The van der Waals surface area contributed by atoms with Crippen molar-refractivity contribution in [3.8, 4) is 0 Å². The van der Waals surface area contributed by atoms with Gasteiger partial charge in [-0.2, -0.15) is 0 Å². The van der Waals surface area contributed by atoms with Crippen molar-refractivity contribution in [3.63, 3.8) is 0 Å². The molecule has 1 aromatic rings. The van der Waals surface area contributed by atoms with Gasteiger partial charge in [-0.05, 0) is 36.1 Å². The molecule has 0 spiro atoms. The van der Waals surface area contributed by atoms with Crippen LogP contribution in [0.2, 0.25) is 0 Å². The highest BCUT2D eigenvalue weighted by Gasteiger charge is 2.00. The number of hydrogen-bond donors (Lipinski definition) is 1. The van der Waals surface area contributed by atoms with E-state index in [9.17, 15) is 4.39 Å². The molecule has 0 atom stereocenters. The summed E-state index contributed by atoms with van der Waals surface area (Å²) in [6.07, 6.45) is 0.877. The van der Waals surface area contributed by atoms with Gasteiger partial charge in [0.1, 0.15) is 5.82 Å². The summed E-state index contributed by atoms with van der Waals surface area (Å²) in [7, 11) is 0. The summed E-state index contributed by atoms with van der Waals surface area (Å²) in [6, 6.07) is 4.70. The Balaban J connectivity index is 2.85. The number of anilines is 1. The fourth-order valence-electron chi connectivity index (χ4n) is 1.26. The van der Waals surface area contributed by atoms with Crippen molar-refractivity contribution in [2.45, 2.75) is 20.3 Å². The molecule has 0 aliphatic rings. The topological polar surface area (TPSA) is 26.0 Å². The second-order valence-electron chi connectivity index (χ2n) is 3.49. The Morgan fingerprint density at radius 1 is 1.33 bits per heavy atom. The SMILES string of the molecule is CC(C)Cc1cc(N)cc(F)c1. The summed E-state index contributed by atoms with van der Waals surface area (Å²) in [5.74, 6) is 0.289. The third kappa shape index (κ3) is 2.53. The van der Waals surface area contributed by atoms with E-state index >= 15 is 0 Å². The van der Waals surface area contributed by atoms with Crippen LogP contribution in [0, 0.1) is 11.7 Å². The summed E-state index contributed by atoms with van der Waals surface area (Å²) in [5, 5.41) is 0. The van der Waals surface area contributed by atoms with Gasteiger partial charge in [-0.1, -0.05) is 13.8 Å². The summed E-state index contributed by atoms with van der Waals surface area (Å²) in [4.78, 5) is 0. The molecule has 0 aliphatic heterocycles. The molecule has 12 heavy (non-hydrogen) atoms. The van der Waals surface area contributed by atoms with Crippen LogP contribution in [-0.4, -0.2) is 0 Å². The average molecular weight is 167 g/mol. The first-order valence-corrected chi connectivity index (χ1v) is 4.13. The molecule has 0 fully saturated rings. The van der Waals surface area contributed by atoms with Crippen molar-refractivity contribution in [1.29, 1.82) is 0 Å². The molecule has 0 heterocycles. The summed E-state index contributed by atoms with van der Waals surface area (Å²) in [6.45, 7) is 4.20. The Kier molecular flexibility index (Phi) is 2.69. The Bertz CT molecular complexity index is 248. The smallest absolute Gasteiger partial charge is 0.125 e. The lowest BCUT2D eigenvalue weighted by molar-refractivity contribution is 0.613. The van der Waals surface area contributed by atoms with Crippen LogP contribution in [0.4, 0.5) is 10.1 Å². The minimum absolute atomic E-state index is 0.245.